The molecule has 0 saturated carbocycles. The summed E-state index contributed by atoms with van der Waals surface area (Å²) in [5, 5.41) is 23.7. The van der Waals surface area contributed by atoms with Crippen LogP contribution < -0.4 is 20.7 Å². The zero-order valence-electron chi connectivity index (χ0n) is 19.2. The highest BCUT2D eigenvalue weighted by molar-refractivity contribution is 5.90. The molecule has 0 bridgehead atoms. The minimum atomic E-state index is -0.271. The molecule has 9 nitrogen and oxygen atoms in total. The molecule has 0 aliphatic carbocycles. The number of urea groups is 1. The summed E-state index contributed by atoms with van der Waals surface area (Å²) in [6.45, 7) is 3.18. The topological polar surface area (TPSA) is 113 Å². The summed E-state index contributed by atoms with van der Waals surface area (Å²) in [6, 6.07) is 16.0. The summed E-state index contributed by atoms with van der Waals surface area (Å²) in [5.41, 5.74) is 3.65. The van der Waals surface area contributed by atoms with E-state index in [4.69, 9.17) is 4.74 Å². The summed E-state index contributed by atoms with van der Waals surface area (Å²) >= 11 is 0. The quantitative estimate of drug-likeness (QED) is 0.275. The number of hydrogen-bond acceptors (Lipinski definition) is 6. The summed E-state index contributed by atoms with van der Waals surface area (Å²) in [7, 11) is 1.57. The maximum absolute atomic E-state index is 12.2. The van der Waals surface area contributed by atoms with Gasteiger partial charge in [-0.3, -0.25) is 0 Å². The molecule has 0 aliphatic rings. The molecule has 2 aromatic heterocycles. The van der Waals surface area contributed by atoms with Crippen LogP contribution >= 0.6 is 0 Å². The first-order valence-corrected chi connectivity index (χ1v) is 11.1. The number of methoxy groups -OCH3 is 1. The minimum absolute atomic E-state index is 0.181. The van der Waals surface area contributed by atoms with Crippen molar-refractivity contribution < 1.29 is 14.6 Å². The van der Waals surface area contributed by atoms with Gasteiger partial charge in [0.15, 0.2) is 5.65 Å². The molecule has 0 spiro atoms. The molecule has 34 heavy (non-hydrogen) atoms. The van der Waals surface area contributed by atoms with Crippen molar-refractivity contribution in [2.45, 2.75) is 19.8 Å². The summed E-state index contributed by atoms with van der Waals surface area (Å²) in [6.07, 6.45) is 3.41. The van der Waals surface area contributed by atoms with Gasteiger partial charge in [0.1, 0.15) is 17.3 Å². The van der Waals surface area contributed by atoms with Crippen molar-refractivity contribution in [1.29, 1.82) is 0 Å². The van der Waals surface area contributed by atoms with Crippen molar-refractivity contribution in [1.82, 2.24) is 19.9 Å². The average molecular weight is 461 g/mol. The Morgan fingerprint density at radius 2 is 1.85 bits per heavy atom. The fourth-order valence-electron chi connectivity index (χ4n) is 3.61. The predicted molar refractivity (Wildman–Crippen MR) is 133 cm³/mol. The Bertz CT molecular complexity index is 1290. The Hall–Kier alpha value is -4.27. The molecule has 0 unspecified atom stereocenters. The lowest BCUT2D eigenvalue weighted by molar-refractivity contribution is 0.252. The van der Waals surface area contributed by atoms with Gasteiger partial charge in [-0.25, -0.2) is 9.78 Å². The Balaban J connectivity index is 1.32. The number of phenolic OH excluding ortho intramolecular Hbond substituents is 1. The number of benzene rings is 2. The molecule has 0 aliphatic heterocycles. The number of amides is 2. The molecular weight excluding hydrogens is 432 g/mol. The summed E-state index contributed by atoms with van der Waals surface area (Å²) < 4.78 is 7.01. The Morgan fingerprint density at radius 3 is 2.68 bits per heavy atom. The van der Waals surface area contributed by atoms with Gasteiger partial charge in [0, 0.05) is 30.3 Å². The second kappa shape index (κ2) is 10.6. The molecule has 2 aromatic carbocycles. The predicted octanol–water partition coefficient (Wildman–Crippen LogP) is 4.43. The fourth-order valence-corrected chi connectivity index (χ4v) is 3.61. The van der Waals surface area contributed by atoms with E-state index >= 15 is 0 Å². The molecule has 4 N–H and O–H groups in total. The molecule has 2 heterocycles. The van der Waals surface area contributed by atoms with Gasteiger partial charge in [-0.2, -0.15) is 9.61 Å². The molecule has 176 valence electrons. The lowest BCUT2D eigenvalue weighted by atomic mass is 10.1. The van der Waals surface area contributed by atoms with Crippen LogP contribution in [0.2, 0.25) is 0 Å². The highest BCUT2D eigenvalue weighted by Crippen LogP contribution is 2.30. The lowest BCUT2D eigenvalue weighted by Crippen LogP contribution is -2.29. The standard InChI is InChI=1S/C25H28N6O3/c1-17-16-28-31-23(15-20(29-24(17)31)18-9-3-5-11-21(18)32)26-13-7-8-14-27-25(33)30-19-10-4-6-12-22(19)34-2/h3-6,9-12,15-16,26,32H,7-8,13-14H2,1-2H3,(H2,27,30,33). The number of anilines is 2. The second-order valence-electron chi connectivity index (χ2n) is 7.82. The first-order valence-electron chi connectivity index (χ1n) is 11.1. The van der Waals surface area contributed by atoms with Gasteiger partial charge in [0.25, 0.3) is 0 Å². The number of unbranched alkanes of at least 4 members (excludes halogenated alkanes) is 1. The molecule has 9 heteroatoms. The number of carbonyl (C=O) groups excluding carboxylic acids is 1. The maximum atomic E-state index is 12.2. The zero-order valence-corrected chi connectivity index (χ0v) is 19.2. The van der Waals surface area contributed by atoms with Crippen LogP contribution in [0.4, 0.5) is 16.3 Å². The molecule has 2 amide bonds. The largest absolute Gasteiger partial charge is 0.507 e. The number of aromatic hydroxyl groups is 1. The summed E-state index contributed by atoms with van der Waals surface area (Å²) in [4.78, 5) is 16.8. The molecule has 4 rings (SSSR count). The Morgan fingerprint density at radius 1 is 1.09 bits per heavy atom. The normalized spacial score (nSPS) is 10.8. The van der Waals surface area contributed by atoms with Crippen LogP contribution in [0.3, 0.4) is 0 Å². The number of carbonyl (C=O) groups is 1. The first-order chi connectivity index (χ1) is 16.6. The number of aryl methyl sites for hydroxylation is 1. The van der Waals surface area contributed by atoms with Crippen LogP contribution in [-0.2, 0) is 0 Å². The number of aromatic nitrogens is 3. The molecule has 4 aromatic rings. The smallest absolute Gasteiger partial charge is 0.319 e. The SMILES string of the molecule is COc1ccccc1NC(=O)NCCCCNc1cc(-c2ccccc2O)nc2c(C)cnn12. The van der Waals surface area contributed by atoms with Crippen molar-refractivity contribution in [3.8, 4) is 22.8 Å². The minimum Gasteiger partial charge on any atom is -0.507 e. The molecule has 0 fully saturated rings. The average Bonchev–Trinajstić information content (AvgIpc) is 3.22. The zero-order chi connectivity index (χ0) is 23.9. The van der Waals surface area contributed by atoms with E-state index in [2.05, 4.69) is 26.0 Å². The van der Waals surface area contributed by atoms with E-state index in [0.717, 1.165) is 29.9 Å². The van der Waals surface area contributed by atoms with Crippen LogP contribution in [0.1, 0.15) is 18.4 Å². The number of para-hydroxylation sites is 3. The van der Waals surface area contributed by atoms with Crippen LogP contribution in [-0.4, -0.2) is 45.9 Å². The third kappa shape index (κ3) is 5.20. The lowest BCUT2D eigenvalue weighted by Gasteiger charge is -2.12. The third-order valence-corrected chi connectivity index (χ3v) is 5.38. The van der Waals surface area contributed by atoms with Crippen LogP contribution in [0.5, 0.6) is 11.5 Å². The molecule has 0 saturated heterocycles. The van der Waals surface area contributed by atoms with Gasteiger partial charge in [-0.1, -0.05) is 24.3 Å². The number of ether oxygens (including phenoxy) is 1. The number of fused-ring (bicyclic) bond motifs is 1. The first kappa shape index (κ1) is 22.9. The number of nitrogens with zero attached hydrogens (tertiary/aromatic N) is 3. The second-order valence-corrected chi connectivity index (χ2v) is 7.82. The maximum Gasteiger partial charge on any atom is 0.319 e. The van der Waals surface area contributed by atoms with E-state index in [1.54, 1.807) is 42.1 Å². The molecule has 0 radical (unpaired) electrons. The molecule has 0 atom stereocenters. The monoisotopic (exact) mass is 460 g/mol. The Kier molecular flexibility index (Phi) is 7.12. The van der Waals surface area contributed by atoms with E-state index in [9.17, 15) is 9.90 Å². The number of hydrogen-bond donors (Lipinski definition) is 4. The van der Waals surface area contributed by atoms with E-state index in [0.29, 0.717) is 35.8 Å². The number of nitrogens with one attached hydrogen (secondary N) is 3. The van der Waals surface area contributed by atoms with Crippen LogP contribution in [0.15, 0.2) is 60.8 Å². The Labute approximate surface area is 197 Å². The van der Waals surface area contributed by atoms with Crippen molar-refractivity contribution in [3.63, 3.8) is 0 Å². The van der Waals surface area contributed by atoms with Crippen molar-refractivity contribution in [2.75, 3.05) is 30.8 Å². The van der Waals surface area contributed by atoms with Gasteiger partial charge >= 0.3 is 6.03 Å². The highest BCUT2D eigenvalue weighted by Gasteiger charge is 2.13. The van der Waals surface area contributed by atoms with E-state index in [1.165, 1.54) is 0 Å². The van der Waals surface area contributed by atoms with Gasteiger partial charge < -0.3 is 25.8 Å². The van der Waals surface area contributed by atoms with E-state index < -0.39 is 0 Å². The third-order valence-electron chi connectivity index (χ3n) is 5.38. The van der Waals surface area contributed by atoms with Crippen molar-refractivity contribution in [3.05, 3.63) is 66.4 Å². The van der Waals surface area contributed by atoms with Gasteiger partial charge in [0.2, 0.25) is 0 Å². The van der Waals surface area contributed by atoms with Gasteiger partial charge in [-0.15, -0.1) is 0 Å². The highest BCUT2D eigenvalue weighted by atomic mass is 16.5. The van der Waals surface area contributed by atoms with Gasteiger partial charge in [0.05, 0.1) is 24.7 Å². The van der Waals surface area contributed by atoms with E-state index in [1.807, 2.05) is 37.3 Å². The van der Waals surface area contributed by atoms with Crippen molar-refractivity contribution in [2.24, 2.45) is 0 Å². The van der Waals surface area contributed by atoms with Crippen LogP contribution in [0, 0.1) is 6.92 Å². The number of rotatable bonds is 9. The van der Waals surface area contributed by atoms with Gasteiger partial charge in [-0.05, 0) is 44.0 Å². The van der Waals surface area contributed by atoms with Crippen molar-refractivity contribution >= 4 is 23.2 Å². The fraction of sp³-hybridized carbons (Fsp3) is 0.240. The molecular formula is C25H28N6O3. The summed E-state index contributed by atoms with van der Waals surface area (Å²) in [5.74, 6) is 1.58. The van der Waals surface area contributed by atoms with Crippen LogP contribution in [0.25, 0.3) is 16.9 Å². The number of phenols is 1. The van der Waals surface area contributed by atoms with E-state index in [-0.39, 0.29) is 11.8 Å².